The molecule has 2 aliphatic rings. The quantitative estimate of drug-likeness (QED) is 0.830. The Bertz CT molecular complexity index is 526. The minimum absolute atomic E-state index is 0.118. The Hall–Kier alpha value is -1.06. The molecule has 0 spiro atoms. The summed E-state index contributed by atoms with van der Waals surface area (Å²) in [6.07, 6.45) is 4.88. The lowest BCUT2D eigenvalue weighted by molar-refractivity contribution is 0.0542. The molecule has 22 heavy (non-hydrogen) atoms. The molecule has 1 atom stereocenters. The summed E-state index contributed by atoms with van der Waals surface area (Å²) in [6, 6.07) is 7.93. The van der Waals surface area contributed by atoms with Crippen LogP contribution in [0.25, 0.3) is 0 Å². The Morgan fingerprint density at radius 3 is 2.64 bits per heavy atom. The lowest BCUT2D eigenvalue weighted by atomic mass is 9.95. The van der Waals surface area contributed by atoms with Gasteiger partial charge in [-0.05, 0) is 56.3 Å². The molecule has 2 fully saturated rings. The van der Waals surface area contributed by atoms with E-state index in [1.54, 1.807) is 6.07 Å². The molecule has 4 heteroatoms. The van der Waals surface area contributed by atoms with Crippen LogP contribution < -0.4 is 0 Å². The van der Waals surface area contributed by atoms with E-state index in [0.717, 1.165) is 31.8 Å². The predicted molar refractivity (Wildman–Crippen MR) is 90.3 cm³/mol. The van der Waals surface area contributed by atoms with Crippen molar-refractivity contribution < 1.29 is 4.79 Å². The second-order valence-electron chi connectivity index (χ2n) is 6.78. The number of halogens is 1. The fourth-order valence-electron chi connectivity index (χ4n) is 3.80. The van der Waals surface area contributed by atoms with Gasteiger partial charge < -0.3 is 4.90 Å². The van der Waals surface area contributed by atoms with E-state index in [4.69, 9.17) is 11.6 Å². The van der Waals surface area contributed by atoms with Gasteiger partial charge in [-0.15, -0.1) is 0 Å². The van der Waals surface area contributed by atoms with E-state index in [1.807, 2.05) is 23.1 Å². The van der Waals surface area contributed by atoms with Gasteiger partial charge in [-0.1, -0.05) is 24.6 Å². The van der Waals surface area contributed by atoms with E-state index < -0.39 is 0 Å². The minimum atomic E-state index is 0.118. The van der Waals surface area contributed by atoms with Crippen LogP contribution in [0.3, 0.4) is 0 Å². The monoisotopic (exact) mass is 320 g/mol. The second-order valence-corrected chi connectivity index (χ2v) is 7.21. The second kappa shape index (κ2) is 7.01. The molecule has 1 amide bonds. The van der Waals surface area contributed by atoms with Gasteiger partial charge in [0.25, 0.3) is 5.91 Å². The Morgan fingerprint density at radius 1 is 1.18 bits per heavy atom. The van der Waals surface area contributed by atoms with Crippen molar-refractivity contribution in [3.05, 3.63) is 34.9 Å². The number of nitrogens with zero attached hydrogens (tertiary/aromatic N) is 2. The lowest BCUT2D eigenvalue weighted by Gasteiger charge is -2.41. The highest BCUT2D eigenvalue weighted by atomic mass is 35.5. The maximum Gasteiger partial charge on any atom is 0.253 e. The average molecular weight is 321 g/mol. The molecule has 0 radical (unpaired) electrons. The van der Waals surface area contributed by atoms with Crippen LogP contribution in [0.15, 0.2) is 24.3 Å². The van der Waals surface area contributed by atoms with Crippen LogP contribution in [0, 0.1) is 5.92 Å². The summed E-state index contributed by atoms with van der Waals surface area (Å²) in [5.41, 5.74) is 0.706. The standard InChI is InChI=1S/C18H25ClN2O/c1-14-4-3-9-21(13-14)17-7-10-20(11-8-17)18(22)15-5-2-6-16(19)12-15/h2,5-6,12,14,17H,3-4,7-11,13H2,1H3/t14-/m1/s1. The zero-order valence-electron chi connectivity index (χ0n) is 13.3. The van der Waals surface area contributed by atoms with Gasteiger partial charge >= 0.3 is 0 Å². The van der Waals surface area contributed by atoms with Crippen LogP contribution in [0.4, 0.5) is 0 Å². The van der Waals surface area contributed by atoms with Crippen molar-refractivity contribution >= 4 is 17.5 Å². The molecule has 0 aromatic heterocycles. The molecule has 1 aromatic rings. The maximum atomic E-state index is 12.5. The molecule has 0 bridgehead atoms. The molecule has 0 aliphatic carbocycles. The first-order valence-corrected chi connectivity index (χ1v) is 8.80. The topological polar surface area (TPSA) is 23.6 Å². The molecule has 2 heterocycles. The largest absolute Gasteiger partial charge is 0.339 e. The van der Waals surface area contributed by atoms with Gasteiger partial charge in [-0.2, -0.15) is 0 Å². The summed E-state index contributed by atoms with van der Waals surface area (Å²) in [7, 11) is 0. The normalized spacial score (nSPS) is 24.5. The van der Waals surface area contributed by atoms with Gasteiger partial charge in [0.1, 0.15) is 0 Å². The molecule has 2 saturated heterocycles. The molecule has 2 aliphatic heterocycles. The van der Waals surface area contributed by atoms with Crippen LogP contribution >= 0.6 is 11.6 Å². The smallest absolute Gasteiger partial charge is 0.253 e. The van der Waals surface area contributed by atoms with Gasteiger partial charge in [0, 0.05) is 36.3 Å². The number of amides is 1. The summed E-state index contributed by atoms with van der Waals surface area (Å²) >= 11 is 5.99. The third kappa shape index (κ3) is 3.64. The first kappa shape index (κ1) is 15.8. The van der Waals surface area contributed by atoms with Gasteiger partial charge in [0.2, 0.25) is 0 Å². The fourth-order valence-corrected chi connectivity index (χ4v) is 3.99. The zero-order valence-corrected chi connectivity index (χ0v) is 14.1. The highest BCUT2D eigenvalue weighted by molar-refractivity contribution is 6.30. The number of hydrogen-bond acceptors (Lipinski definition) is 2. The summed E-state index contributed by atoms with van der Waals surface area (Å²) in [5.74, 6) is 0.938. The van der Waals surface area contributed by atoms with Crippen molar-refractivity contribution in [3.63, 3.8) is 0 Å². The van der Waals surface area contributed by atoms with Crippen molar-refractivity contribution in [3.8, 4) is 0 Å². The van der Waals surface area contributed by atoms with Crippen molar-refractivity contribution in [2.24, 2.45) is 5.92 Å². The molecule has 0 N–H and O–H groups in total. The SMILES string of the molecule is C[C@@H]1CCCN(C2CCN(C(=O)c3cccc(Cl)c3)CC2)C1. The van der Waals surface area contributed by atoms with E-state index >= 15 is 0 Å². The van der Waals surface area contributed by atoms with E-state index in [-0.39, 0.29) is 5.91 Å². The highest BCUT2D eigenvalue weighted by Gasteiger charge is 2.29. The molecule has 3 nitrogen and oxygen atoms in total. The number of carbonyl (C=O) groups is 1. The van der Waals surface area contributed by atoms with Gasteiger partial charge in [-0.3, -0.25) is 9.69 Å². The van der Waals surface area contributed by atoms with Crippen molar-refractivity contribution in [1.82, 2.24) is 9.80 Å². The van der Waals surface area contributed by atoms with Crippen LogP contribution in [0.1, 0.15) is 43.0 Å². The fraction of sp³-hybridized carbons (Fsp3) is 0.611. The summed E-state index contributed by atoms with van der Waals surface area (Å²) in [4.78, 5) is 17.2. The number of benzene rings is 1. The molecule has 0 saturated carbocycles. The molecular weight excluding hydrogens is 296 g/mol. The molecular formula is C18H25ClN2O. The third-order valence-corrected chi connectivity index (χ3v) is 5.26. The van der Waals surface area contributed by atoms with E-state index in [9.17, 15) is 4.79 Å². The van der Waals surface area contributed by atoms with Crippen LogP contribution in [0.2, 0.25) is 5.02 Å². The number of rotatable bonds is 2. The Labute approximate surface area is 138 Å². The number of carbonyl (C=O) groups excluding carboxylic acids is 1. The van der Waals surface area contributed by atoms with Crippen LogP contribution in [-0.2, 0) is 0 Å². The average Bonchev–Trinajstić information content (AvgIpc) is 2.54. The van der Waals surface area contributed by atoms with Crippen molar-refractivity contribution in [2.45, 2.75) is 38.6 Å². The number of likely N-dealkylation sites (tertiary alicyclic amines) is 2. The van der Waals surface area contributed by atoms with Gasteiger partial charge in [-0.25, -0.2) is 0 Å². The zero-order chi connectivity index (χ0) is 15.5. The molecule has 3 rings (SSSR count). The maximum absolute atomic E-state index is 12.5. The van der Waals surface area contributed by atoms with E-state index in [1.165, 1.54) is 25.9 Å². The first-order valence-electron chi connectivity index (χ1n) is 8.42. The van der Waals surface area contributed by atoms with Crippen LogP contribution in [-0.4, -0.2) is 47.9 Å². The summed E-state index contributed by atoms with van der Waals surface area (Å²) in [5, 5.41) is 0.628. The Balaban J connectivity index is 1.56. The highest BCUT2D eigenvalue weighted by Crippen LogP contribution is 2.24. The predicted octanol–water partition coefficient (Wildman–Crippen LogP) is 3.68. The Kier molecular flexibility index (Phi) is 5.04. The van der Waals surface area contributed by atoms with Gasteiger partial charge in [0.05, 0.1) is 0 Å². The number of piperidine rings is 2. The van der Waals surface area contributed by atoms with E-state index in [2.05, 4.69) is 11.8 Å². The third-order valence-electron chi connectivity index (χ3n) is 5.03. The number of hydrogen-bond donors (Lipinski definition) is 0. The summed E-state index contributed by atoms with van der Waals surface area (Å²) < 4.78 is 0. The summed E-state index contributed by atoms with van der Waals surface area (Å²) in [6.45, 7) is 6.54. The minimum Gasteiger partial charge on any atom is -0.339 e. The van der Waals surface area contributed by atoms with Crippen molar-refractivity contribution in [1.29, 1.82) is 0 Å². The molecule has 0 unspecified atom stereocenters. The Morgan fingerprint density at radius 2 is 1.95 bits per heavy atom. The van der Waals surface area contributed by atoms with Crippen LogP contribution in [0.5, 0.6) is 0 Å². The lowest BCUT2D eigenvalue weighted by Crippen LogP contribution is -2.49. The van der Waals surface area contributed by atoms with E-state index in [0.29, 0.717) is 16.6 Å². The molecule has 120 valence electrons. The van der Waals surface area contributed by atoms with Crippen molar-refractivity contribution in [2.75, 3.05) is 26.2 Å². The molecule has 1 aromatic carbocycles. The van der Waals surface area contributed by atoms with Gasteiger partial charge in [0.15, 0.2) is 0 Å². The first-order chi connectivity index (χ1) is 10.6.